The summed E-state index contributed by atoms with van der Waals surface area (Å²) in [4.78, 5) is 18.9. The van der Waals surface area contributed by atoms with Crippen molar-refractivity contribution < 1.29 is 18.3 Å². The average molecular weight is 457 g/mol. The summed E-state index contributed by atoms with van der Waals surface area (Å²) in [5.74, 6) is -0.708. The predicted molar refractivity (Wildman–Crippen MR) is 118 cm³/mol. The second-order valence-corrected chi connectivity index (χ2v) is 8.28. The topological polar surface area (TPSA) is 68.2 Å². The molecule has 0 fully saturated rings. The highest BCUT2D eigenvalue weighted by molar-refractivity contribution is 7.99. The van der Waals surface area contributed by atoms with Crippen molar-refractivity contribution in [3.05, 3.63) is 59.7 Å². The molecular weight excluding hydrogens is 434 g/mol. The van der Waals surface area contributed by atoms with Gasteiger partial charge < -0.3 is 4.74 Å². The fourth-order valence-electron chi connectivity index (χ4n) is 3.43. The first-order valence-corrected chi connectivity index (χ1v) is 11.4. The molecule has 0 saturated carbocycles. The molecule has 1 atom stereocenters. The van der Waals surface area contributed by atoms with Gasteiger partial charge in [0.05, 0.1) is 11.3 Å². The Hall–Kier alpha value is -3.07. The highest BCUT2D eigenvalue weighted by Crippen LogP contribution is 2.44. The van der Waals surface area contributed by atoms with Gasteiger partial charge in [-0.2, -0.15) is 4.98 Å². The SMILES string of the molecule is CCCCSc1nnc2c(n1)OC(c1cc(F)ccc1F)N(C(=O)CC)c1ccccc1-2. The molecule has 0 N–H and O–H groups in total. The number of ether oxygens (including phenoxy) is 1. The summed E-state index contributed by atoms with van der Waals surface area (Å²) in [6.45, 7) is 3.79. The summed E-state index contributed by atoms with van der Waals surface area (Å²) in [5, 5.41) is 8.95. The normalized spacial score (nSPS) is 14.9. The van der Waals surface area contributed by atoms with E-state index in [4.69, 9.17) is 4.74 Å². The van der Waals surface area contributed by atoms with Gasteiger partial charge in [-0.05, 0) is 30.7 Å². The number of thioether (sulfide) groups is 1. The van der Waals surface area contributed by atoms with Gasteiger partial charge in [0.2, 0.25) is 23.2 Å². The molecule has 0 spiro atoms. The van der Waals surface area contributed by atoms with Crippen molar-refractivity contribution in [2.75, 3.05) is 10.7 Å². The number of carbonyl (C=O) groups is 1. The number of unbranched alkanes of at least 4 members (excludes halogenated alkanes) is 1. The van der Waals surface area contributed by atoms with Crippen molar-refractivity contribution in [1.29, 1.82) is 0 Å². The number of amides is 1. The molecule has 0 bridgehead atoms. The van der Waals surface area contributed by atoms with Crippen LogP contribution in [-0.4, -0.2) is 26.8 Å². The Bertz CT molecular complexity index is 1140. The second kappa shape index (κ2) is 9.60. The first-order chi connectivity index (χ1) is 15.5. The minimum Gasteiger partial charge on any atom is -0.447 e. The minimum absolute atomic E-state index is 0.103. The van der Waals surface area contributed by atoms with Crippen LogP contribution in [0.15, 0.2) is 47.6 Å². The van der Waals surface area contributed by atoms with E-state index in [9.17, 15) is 13.6 Å². The first-order valence-electron chi connectivity index (χ1n) is 10.4. The van der Waals surface area contributed by atoms with Crippen LogP contribution in [-0.2, 0) is 4.79 Å². The number of anilines is 1. The Labute approximate surface area is 189 Å². The summed E-state index contributed by atoms with van der Waals surface area (Å²) < 4.78 is 35.0. The van der Waals surface area contributed by atoms with Gasteiger partial charge in [-0.25, -0.2) is 8.78 Å². The third-order valence-corrected chi connectivity index (χ3v) is 5.96. The number of rotatable bonds is 6. The van der Waals surface area contributed by atoms with Crippen LogP contribution in [0, 0.1) is 11.6 Å². The number of hydrogen-bond acceptors (Lipinski definition) is 6. The van der Waals surface area contributed by atoms with Crippen molar-refractivity contribution >= 4 is 23.4 Å². The molecule has 1 aliphatic rings. The van der Waals surface area contributed by atoms with E-state index in [2.05, 4.69) is 22.1 Å². The van der Waals surface area contributed by atoms with Gasteiger partial charge in [-0.3, -0.25) is 9.69 Å². The van der Waals surface area contributed by atoms with Crippen molar-refractivity contribution in [3.63, 3.8) is 0 Å². The molecule has 1 aromatic heterocycles. The lowest BCUT2D eigenvalue weighted by molar-refractivity contribution is -0.120. The highest BCUT2D eigenvalue weighted by atomic mass is 32.2. The van der Waals surface area contributed by atoms with Gasteiger partial charge in [0, 0.05) is 17.7 Å². The zero-order valence-corrected chi connectivity index (χ0v) is 18.5. The van der Waals surface area contributed by atoms with Crippen LogP contribution >= 0.6 is 11.8 Å². The second-order valence-electron chi connectivity index (χ2n) is 7.22. The third kappa shape index (κ3) is 4.29. The summed E-state index contributed by atoms with van der Waals surface area (Å²) in [6.07, 6.45) is 0.902. The van der Waals surface area contributed by atoms with Crippen LogP contribution < -0.4 is 9.64 Å². The third-order valence-electron chi connectivity index (χ3n) is 5.04. The maximum Gasteiger partial charge on any atom is 0.247 e. The highest BCUT2D eigenvalue weighted by Gasteiger charge is 2.36. The Morgan fingerprint density at radius 1 is 1.16 bits per heavy atom. The van der Waals surface area contributed by atoms with Crippen LogP contribution in [0.2, 0.25) is 0 Å². The number of fused-ring (bicyclic) bond motifs is 3. The standard InChI is InChI=1S/C23H22F2N4O2S/c1-3-5-12-32-23-26-21-20(27-28-23)15-8-6-7-9-18(15)29(19(30)4-2)22(31-21)16-13-14(24)10-11-17(16)25/h6-11,13,22H,3-5,12H2,1-2H3. The zero-order valence-electron chi connectivity index (χ0n) is 17.7. The number of halogens is 2. The van der Waals surface area contributed by atoms with Gasteiger partial charge in [0.25, 0.3) is 0 Å². The number of benzene rings is 2. The van der Waals surface area contributed by atoms with Crippen molar-refractivity contribution in [1.82, 2.24) is 15.2 Å². The molecule has 6 nitrogen and oxygen atoms in total. The number of hydrogen-bond donors (Lipinski definition) is 0. The lowest BCUT2D eigenvalue weighted by Gasteiger charge is -2.30. The molecular formula is C23H22F2N4O2S. The monoisotopic (exact) mass is 456 g/mol. The molecule has 4 rings (SSSR count). The molecule has 2 heterocycles. The van der Waals surface area contributed by atoms with Crippen LogP contribution in [0.1, 0.15) is 44.9 Å². The number of carbonyl (C=O) groups excluding carboxylic acids is 1. The van der Waals surface area contributed by atoms with E-state index < -0.39 is 17.9 Å². The maximum atomic E-state index is 14.8. The van der Waals surface area contributed by atoms with E-state index in [0.29, 0.717) is 22.1 Å². The molecule has 9 heteroatoms. The lowest BCUT2D eigenvalue weighted by Crippen LogP contribution is -2.37. The molecule has 1 amide bonds. The Morgan fingerprint density at radius 3 is 2.75 bits per heavy atom. The molecule has 2 aromatic carbocycles. The average Bonchev–Trinajstić information content (AvgIpc) is 2.94. The summed E-state index contributed by atoms with van der Waals surface area (Å²) in [5.41, 5.74) is 1.28. The molecule has 0 aliphatic carbocycles. The van der Waals surface area contributed by atoms with E-state index >= 15 is 0 Å². The number of nitrogens with zero attached hydrogens (tertiary/aromatic N) is 4. The molecule has 0 radical (unpaired) electrons. The van der Waals surface area contributed by atoms with Crippen LogP contribution in [0.3, 0.4) is 0 Å². The van der Waals surface area contributed by atoms with Crippen molar-refractivity contribution in [3.8, 4) is 17.1 Å². The molecule has 32 heavy (non-hydrogen) atoms. The van der Waals surface area contributed by atoms with Crippen molar-refractivity contribution in [2.45, 2.75) is 44.5 Å². The summed E-state index contributed by atoms with van der Waals surface area (Å²) in [6, 6.07) is 10.1. The number of aromatic nitrogens is 3. The molecule has 1 unspecified atom stereocenters. The fourth-order valence-corrected chi connectivity index (χ4v) is 4.29. The minimum atomic E-state index is -1.26. The smallest absolute Gasteiger partial charge is 0.247 e. The van der Waals surface area contributed by atoms with E-state index in [1.807, 2.05) is 0 Å². The largest absolute Gasteiger partial charge is 0.447 e. The maximum absolute atomic E-state index is 14.8. The quantitative estimate of drug-likeness (QED) is 0.358. The Morgan fingerprint density at radius 2 is 1.97 bits per heavy atom. The van der Waals surface area contributed by atoms with E-state index in [1.165, 1.54) is 16.7 Å². The summed E-state index contributed by atoms with van der Waals surface area (Å²) in [7, 11) is 0. The van der Waals surface area contributed by atoms with Gasteiger partial charge in [-0.1, -0.05) is 50.2 Å². The van der Waals surface area contributed by atoms with Crippen molar-refractivity contribution in [2.24, 2.45) is 0 Å². The molecule has 1 aliphatic heterocycles. The van der Waals surface area contributed by atoms with E-state index in [-0.39, 0.29) is 23.8 Å². The van der Waals surface area contributed by atoms with E-state index in [0.717, 1.165) is 36.8 Å². The van der Waals surface area contributed by atoms with Crippen LogP contribution in [0.5, 0.6) is 5.88 Å². The van der Waals surface area contributed by atoms with Gasteiger partial charge in [0.15, 0.2) is 5.69 Å². The Kier molecular flexibility index (Phi) is 6.64. The first kappa shape index (κ1) is 22.1. The van der Waals surface area contributed by atoms with E-state index in [1.54, 1.807) is 31.2 Å². The van der Waals surface area contributed by atoms with Gasteiger partial charge in [0.1, 0.15) is 11.6 Å². The molecule has 166 valence electrons. The predicted octanol–water partition coefficient (Wildman–Crippen LogP) is 5.54. The number of para-hydroxylation sites is 1. The van der Waals surface area contributed by atoms with Crippen LogP contribution in [0.4, 0.5) is 14.5 Å². The van der Waals surface area contributed by atoms with Gasteiger partial charge in [-0.15, -0.1) is 10.2 Å². The fraction of sp³-hybridized carbons (Fsp3) is 0.304. The summed E-state index contributed by atoms with van der Waals surface area (Å²) >= 11 is 1.44. The lowest BCUT2D eigenvalue weighted by atomic mass is 10.1. The molecule has 3 aromatic rings. The zero-order chi connectivity index (χ0) is 22.7. The Balaban J connectivity index is 1.90. The van der Waals surface area contributed by atoms with Crippen LogP contribution in [0.25, 0.3) is 11.3 Å². The molecule has 0 saturated heterocycles. The van der Waals surface area contributed by atoms with Gasteiger partial charge >= 0.3 is 0 Å².